The Bertz CT molecular complexity index is 877. The molecule has 0 radical (unpaired) electrons. The van der Waals surface area contributed by atoms with Gasteiger partial charge in [-0.15, -0.1) is 0 Å². The summed E-state index contributed by atoms with van der Waals surface area (Å²) >= 11 is 0. The fourth-order valence-corrected chi connectivity index (χ4v) is 15.1. The van der Waals surface area contributed by atoms with E-state index in [-0.39, 0.29) is 15.1 Å². The van der Waals surface area contributed by atoms with E-state index in [1.807, 2.05) is 14.2 Å². The molecule has 1 rings (SSSR count). The summed E-state index contributed by atoms with van der Waals surface area (Å²) in [5, 5.41) is 7.19. The van der Waals surface area contributed by atoms with Crippen molar-refractivity contribution >= 4 is 60.3 Å². The van der Waals surface area contributed by atoms with Crippen LogP contribution in [0.2, 0.25) is 51.4 Å². The van der Waals surface area contributed by atoms with Crippen molar-refractivity contribution in [2.45, 2.75) is 104 Å². The molecule has 11 heteroatoms. The number of rotatable bonds is 22. The van der Waals surface area contributed by atoms with Gasteiger partial charge in [0.1, 0.15) is 0 Å². The minimum Gasteiger partial charge on any atom is -0.397 e. The van der Waals surface area contributed by atoms with Crippen LogP contribution in [0.3, 0.4) is 0 Å². The fourth-order valence-electron chi connectivity index (χ4n) is 6.14. The lowest BCUT2D eigenvalue weighted by molar-refractivity contribution is 0.188. The highest BCUT2D eigenvalue weighted by atomic mass is 28.4. The first-order valence-electron chi connectivity index (χ1n) is 16.4. The summed E-state index contributed by atoms with van der Waals surface area (Å²) in [6.07, 6.45) is 3.61. The number of hydrogen-bond acceptors (Lipinski definition) is 6. The molecule has 0 saturated heterocycles. The van der Waals surface area contributed by atoms with Gasteiger partial charge < -0.3 is 27.9 Å². The zero-order chi connectivity index (χ0) is 31.2. The molecule has 0 aliphatic heterocycles. The number of hydrogen-bond donors (Lipinski definition) is 1. The summed E-state index contributed by atoms with van der Waals surface area (Å²) < 4.78 is 24.2. The van der Waals surface area contributed by atoms with Crippen LogP contribution in [0.25, 0.3) is 0 Å². The Hall–Kier alpha value is -0.0956. The van der Waals surface area contributed by atoms with Crippen LogP contribution in [0.1, 0.15) is 57.7 Å². The van der Waals surface area contributed by atoms with Gasteiger partial charge in [0.15, 0.2) is 0 Å². The normalized spacial score (nSPS) is 13.7. The first-order chi connectivity index (χ1) is 19.4. The van der Waals surface area contributed by atoms with E-state index in [1.54, 1.807) is 15.9 Å². The van der Waals surface area contributed by atoms with Crippen LogP contribution in [0.15, 0.2) is 6.07 Å². The molecular formula is C30H66N2O4Si5. The van der Waals surface area contributed by atoms with E-state index in [0.29, 0.717) is 0 Å². The molecular weight excluding hydrogens is 593 g/mol. The Balaban J connectivity index is 3.19. The molecule has 0 heterocycles. The maximum Gasteiger partial charge on any atom is 0.341 e. The summed E-state index contributed by atoms with van der Waals surface area (Å²) in [7, 11) is -2.99. The average Bonchev–Trinajstić information content (AvgIpc) is 2.94. The average molecular weight is 659 g/mol. The standard InChI is InChI=1S/C30H66N2O4Si5/c1-14-32(15-2)29-27(25(5)41(13,33-6)34-7)23-28(38(8)9)26(30(29)39(10)11)19-21-37-24-31-20-18-22-40(12,35-16-3)36-17-4/h23,25,31,38-39H,14-22,24,37H2,1-13H3. The van der Waals surface area contributed by atoms with E-state index in [1.165, 1.54) is 29.9 Å². The van der Waals surface area contributed by atoms with E-state index in [2.05, 4.69) is 90.2 Å². The van der Waals surface area contributed by atoms with Crippen molar-refractivity contribution in [3.8, 4) is 0 Å². The van der Waals surface area contributed by atoms with E-state index < -0.39 is 34.7 Å². The molecule has 0 spiro atoms. The van der Waals surface area contributed by atoms with Gasteiger partial charge in [-0.1, -0.05) is 50.4 Å². The minimum atomic E-state index is -2.36. The molecule has 0 bridgehead atoms. The number of nitrogens with zero attached hydrogens (tertiary/aromatic N) is 1. The molecule has 0 aliphatic rings. The maximum absolute atomic E-state index is 6.11. The summed E-state index contributed by atoms with van der Waals surface area (Å²) in [6, 6.07) is 5.06. The van der Waals surface area contributed by atoms with Crippen molar-refractivity contribution in [1.82, 2.24) is 5.32 Å². The molecule has 0 aliphatic carbocycles. The summed E-state index contributed by atoms with van der Waals surface area (Å²) in [5.74, 6) is 0. The van der Waals surface area contributed by atoms with Crippen molar-refractivity contribution in [1.29, 1.82) is 0 Å². The third kappa shape index (κ3) is 11.1. The van der Waals surface area contributed by atoms with Crippen molar-refractivity contribution in [2.24, 2.45) is 0 Å². The predicted octanol–water partition coefficient (Wildman–Crippen LogP) is 4.14. The molecule has 0 saturated carbocycles. The Morgan fingerprint density at radius 3 is 2.00 bits per heavy atom. The highest BCUT2D eigenvalue weighted by molar-refractivity contribution is 6.76. The molecule has 1 atom stereocenters. The van der Waals surface area contributed by atoms with Crippen molar-refractivity contribution in [2.75, 3.05) is 58.1 Å². The lowest BCUT2D eigenvalue weighted by atomic mass is 10.0. The van der Waals surface area contributed by atoms with Crippen LogP contribution < -0.4 is 20.6 Å². The van der Waals surface area contributed by atoms with Crippen LogP contribution in [-0.4, -0.2) is 97.5 Å². The van der Waals surface area contributed by atoms with Crippen LogP contribution in [-0.2, 0) is 24.1 Å². The summed E-state index contributed by atoms with van der Waals surface area (Å²) in [5.41, 5.74) is 5.01. The van der Waals surface area contributed by atoms with Crippen LogP contribution >= 0.6 is 0 Å². The predicted molar refractivity (Wildman–Crippen MR) is 195 cm³/mol. The molecule has 1 unspecified atom stereocenters. The van der Waals surface area contributed by atoms with Crippen LogP contribution in [0.4, 0.5) is 5.69 Å². The van der Waals surface area contributed by atoms with Gasteiger partial charge in [0.05, 0.1) is 17.6 Å². The molecule has 0 aromatic heterocycles. The number of benzene rings is 1. The van der Waals surface area contributed by atoms with E-state index in [9.17, 15) is 0 Å². The lowest BCUT2D eigenvalue weighted by Crippen LogP contribution is -2.47. The van der Waals surface area contributed by atoms with Gasteiger partial charge in [-0.25, -0.2) is 0 Å². The summed E-state index contributed by atoms with van der Waals surface area (Å²) in [6.45, 7) is 30.3. The van der Waals surface area contributed by atoms with E-state index in [0.717, 1.165) is 45.3 Å². The Morgan fingerprint density at radius 1 is 0.951 bits per heavy atom. The fraction of sp³-hybridized carbons (Fsp3) is 0.800. The summed E-state index contributed by atoms with van der Waals surface area (Å²) in [4.78, 5) is 2.63. The smallest absolute Gasteiger partial charge is 0.341 e. The highest BCUT2D eigenvalue weighted by Gasteiger charge is 2.40. The van der Waals surface area contributed by atoms with Crippen molar-refractivity contribution in [3.63, 3.8) is 0 Å². The van der Waals surface area contributed by atoms with E-state index in [4.69, 9.17) is 17.7 Å². The van der Waals surface area contributed by atoms with Crippen LogP contribution in [0.5, 0.6) is 0 Å². The van der Waals surface area contributed by atoms with Gasteiger partial charge in [0, 0.05) is 61.3 Å². The third-order valence-corrected chi connectivity index (χ3v) is 20.4. The monoisotopic (exact) mass is 658 g/mol. The Labute approximate surface area is 262 Å². The Morgan fingerprint density at radius 2 is 1.54 bits per heavy atom. The second-order valence-electron chi connectivity index (χ2n) is 12.2. The second kappa shape index (κ2) is 19.3. The molecule has 1 aromatic rings. The molecule has 1 aromatic carbocycles. The molecule has 6 nitrogen and oxygen atoms in total. The highest BCUT2D eigenvalue weighted by Crippen LogP contribution is 2.35. The molecule has 41 heavy (non-hydrogen) atoms. The van der Waals surface area contributed by atoms with Gasteiger partial charge >= 0.3 is 17.1 Å². The quantitative estimate of drug-likeness (QED) is 0.149. The molecule has 0 fully saturated rings. The molecule has 1 N–H and O–H groups in total. The van der Waals surface area contributed by atoms with E-state index >= 15 is 0 Å². The largest absolute Gasteiger partial charge is 0.397 e. The topological polar surface area (TPSA) is 52.2 Å². The second-order valence-corrected chi connectivity index (χ2v) is 27.0. The third-order valence-electron chi connectivity index (χ3n) is 8.77. The lowest BCUT2D eigenvalue weighted by Gasteiger charge is -2.37. The number of anilines is 1. The molecule has 0 amide bonds. The number of nitrogens with one attached hydrogen (secondary N) is 1. The SMILES string of the molecule is CCO[Si](C)(CCCNC[SiH2]CCc1c([SiH](C)C)cc(C(C)[Si](C)(OC)OC)c(N(CC)CC)c1[SiH](C)C)OCC. The zero-order valence-corrected chi connectivity index (χ0v) is 34.9. The zero-order valence-electron chi connectivity index (χ0n) is 29.2. The van der Waals surface area contributed by atoms with Crippen LogP contribution in [0, 0.1) is 0 Å². The maximum atomic E-state index is 6.11. The minimum absolute atomic E-state index is 0.170. The first kappa shape index (κ1) is 38.9. The Kier molecular flexibility index (Phi) is 18.3. The van der Waals surface area contributed by atoms with Crippen molar-refractivity contribution < 1.29 is 17.7 Å². The van der Waals surface area contributed by atoms with Gasteiger partial charge in [-0.2, -0.15) is 0 Å². The van der Waals surface area contributed by atoms with Gasteiger partial charge in [0.25, 0.3) is 0 Å². The van der Waals surface area contributed by atoms with Gasteiger partial charge in [-0.05, 0) is 88.7 Å². The molecule has 240 valence electrons. The first-order valence-corrected chi connectivity index (χ1v) is 29.1. The van der Waals surface area contributed by atoms with Gasteiger partial charge in [0.2, 0.25) is 0 Å². The van der Waals surface area contributed by atoms with Crippen molar-refractivity contribution in [3.05, 3.63) is 17.2 Å². The van der Waals surface area contributed by atoms with Gasteiger partial charge in [-0.3, -0.25) is 0 Å².